The third-order valence-electron chi connectivity index (χ3n) is 2.96. The number of aromatic nitrogens is 1. The lowest BCUT2D eigenvalue weighted by atomic mass is 10.2. The molecule has 3 aromatic rings. The molecular formula is C14H10ClNO3. The molecule has 0 aliphatic rings. The topological polar surface area (TPSA) is 55.4 Å². The van der Waals surface area contributed by atoms with Crippen LogP contribution in [0, 0.1) is 0 Å². The van der Waals surface area contributed by atoms with Gasteiger partial charge in [-0.1, -0.05) is 17.7 Å². The van der Waals surface area contributed by atoms with E-state index in [2.05, 4.69) is 0 Å². The molecule has 1 aromatic carbocycles. The molecule has 19 heavy (non-hydrogen) atoms. The largest absolute Gasteiger partial charge is 0.475 e. The van der Waals surface area contributed by atoms with Gasteiger partial charge in [-0.3, -0.25) is 0 Å². The summed E-state index contributed by atoms with van der Waals surface area (Å²) in [4.78, 5) is 10.8. The zero-order chi connectivity index (χ0) is 13.4. The first-order chi connectivity index (χ1) is 9.15. The Kier molecular flexibility index (Phi) is 2.80. The lowest BCUT2D eigenvalue weighted by Gasteiger charge is -2.03. The van der Waals surface area contributed by atoms with Crippen LogP contribution < -0.4 is 0 Å². The Balaban J connectivity index is 1.96. The van der Waals surface area contributed by atoms with Crippen molar-refractivity contribution in [3.8, 4) is 0 Å². The van der Waals surface area contributed by atoms with E-state index in [0.717, 1.165) is 10.9 Å². The quantitative estimate of drug-likeness (QED) is 0.794. The predicted octanol–water partition coefficient (Wildman–Crippen LogP) is 3.63. The number of halogens is 1. The lowest BCUT2D eigenvalue weighted by Crippen LogP contribution is -1.97. The highest BCUT2D eigenvalue weighted by Crippen LogP contribution is 2.25. The summed E-state index contributed by atoms with van der Waals surface area (Å²) < 4.78 is 7.21. The van der Waals surface area contributed by atoms with Gasteiger partial charge in [0.2, 0.25) is 5.76 Å². The third kappa shape index (κ3) is 2.11. The lowest BCUT2D eigenvalue weighted by molar-refractivity contribution is 0.0660. The summed E-state index contributed by atoms with van der Waals surface area (Å²) in [6.45, 7) is 0.469. The molecule has 0 aliphatic heterocycles. The molecule has 2 aromatic heterocycles. The Bertz CT molecular complexity index is 757. The molecule has 1 N–H and O–H groups in total. The molecule has 0 radical (unpaired) electrons. The van der Waals surface area contributed by atoms with E-state index >= 15 is 0 Å². The van der Waals surface area contributed by atoms with E-state index in [-0.39, 0.29) is 5.76 Å². The van der Waals surface area contributed by atoms with Crippen LogP contribution in [0.5, 0.6) is 0 Å². The van der Waals surface area contributed by atoms with Crippen LogP contribution in [0.25, 0.3) is 10.9 Å². The van der Waals surface area contributed by atoms with E-state index in [4.69, 9.17) is 21.1 Å². The molecule has 0 saturated carbocycles. The smallest absolute Gasteiger partial charge is 0.371 e. The molecule has 0 unspecified atom stereocenters. The molecule has 0 aliphatic carbocycles. The average molecular weight is 276 g/mol. The van der Waals surface area contributed by atoms with Gasteiger partial charge in [-0.05, 0) is 30.3 Å². The van der Waals surface area contributed by atoms with Gasteiger partial charge in [-0.15, -0.1) is 0 Å². The number of carbonyl (C=O) groups is 1. The van der Waals surface area contributed by atoms with E-state index in [1.807, 2.05) is 35.0 Å². The first-order valence-electron chi connectivity index (χ1n) is 5.70. The van der Waals surface area contributed by atoms with Gasteiger partial charge in [0, 0.05) is 22.1 Å². The Morgan fingerprint density at radius 3 is 2.84 bits per heavy atom. The van der Waals surface area contributed by atoms with Crippen molar-refractivity contribution in [3.63, 3.8) is 0 Å². The number of aromatic carboxylic acids is 1. The van der Waals surface area contributed by atoms with Crippen LogP contribution in [0.1, 0.15) is 16.3 Å². The Labute approximate surface area is 113 Å². The van der Waals surface area contributed by atoms with Gasteiger partial charge in [-0.25, -0.2) is 4.79 Å². The van der Waals surface area contributed by atoms with E-state index < -0.39 is 5.97 Å². The van der Waals surface area contributed by atoms with Crippen molar-refractivity contribution in [1.29, 1.82) is 0 Å². The van der Waals surface area contributed by atoms with Crippen LogP contribution >= 0.6 is 11.6 Å². The molecule has 0 spiro atoms. The standard InChI is InChI=1S/C14H10ClNO3/c15-11-2-1-3-12-10(11)6-7-16(12)8-9-4-5-13(19-9)14(17)18/h1-7H,8H2,(H,17,18). The summed E-state index contributed by atoms with van der Waals surface area (Å²) in [6, 6.07) is 10.7. The third-order valence-corrected chi connectivity index (χ3v) is 3.29. The Hall–Kier alpha value is -2.20. The molecule has 0 atom stereocenters. The number of hydrogen-bond acceptors (Lipinski definition) is 2. The van der Waals surface area contributed by atoms with Gasteiger partial charge in [0.05, 0.1) is 6.54 Å². The van der Waals surface area contributed by atoms with Crippen molar-refractivity contribution >= 4 is 28.5 Å². The highest BCUT2D eigenvalue weighted by molar-refractivity contribution is 6.35. The number of carboxylic acids is 1. The van der Waals surface area contributed by atoms with E-state index in [1.54, 1.807) is 6.07 Å². The summed E-state index contributed by atoms with van der Waals surface area (Å²) in [7, 11) is 0. The molecular weight excluding hydrogens is 266 g/mol. The fourth-order valence-corrected chi connectivity index (χ4v) is 2.30. The summed E-state index contributed by atoms with van der Waals surface area (Å²) in [5.74, 6) is -0.522. The molecule has 5 heteroatoms. The first kappa shape index (κ1) is 11.9. The van der Waals surface area contributed by atoms with Crippen molar-refractivity contribution in [2.24, 2.45) is 0 Å². The highest BCUT2D eigenvalue weighted by Gasteiger charge is 2.10. The number of nitrogens with zero attached hydrogens (tertiary/aromatic N) is 1. The van der Waals surface area contributed by atoms with Gasteiger partial charge >= 0.3 is 5.97 Å². The molecule has 4 nitrogen and oxygen atoms in total. The zero-order valence-corrected chi connectivity index (χ0v) is 10.6. The van der Waals surface area contributed by atoms with E-state index in [1.165, 1.54) is 6.07 Å². The average Bonchev–Trinajstić information content (AvgIpc) is 2.98. The van der Waals surface area contributed by atoms with Crippen LogP contribution in [-0.4, -0.2) is 15.6 Å². The maximum Gasteiger partial charge on any atom is 0.371 e. The number of furan rings is 1. The molecule has 96 valence electrons. The predicted molar refractivity (Wildman–Crippen MR) is 71.7 cm³/mol. The van der Waals surface area contributed by atoms with Gasteiger partial charge in [-0.2, -0.15) is 0 Å². The molecule has 0 fully saturated rings. The molecule has 0 bridgehead atoms. The van der Waals surface area contributed by atoms with Crippen molar-refractivity contribution in [3.05, 3.63) is 59.1 Å². The van der Waals surface area contributed by atoms with E-state index in [0.29, 0.717) is 17.3 Å². The molecule has 0 saturated heterocycles. The van der Waals surface area contributed by atoms with Gasteiger partial charge in [0.25, 0.3) is 0 Å². The molecule has 3 rings (SSSR count). The number of fused-ring (bicyclic) bond motifs is 1. The fraction of sp³-hybridized carbons (Fsp3) is 0.0714. The van der Waals surface area contributed by atoms with E-state index in [9.17, 15) is 4.79 Å². The van der Waals surface area contributed by atoms with Crippen LogP contribution in [0.2, 0.25) is 5.02 Å². The SMILES string of the molecule is O=C(O)c1ccc(Cn2ccc3c(Cl)cccc32)o1. The van der Waals surface area contributed by atoms with Crippen LogP contribution in [0.15, 0.2) is 47.0 Å². The van der Waals surface area contributed by atoms with Crippen LogP contribution in [0.4, 0.5) is 0 Å². The zero-order valence-electron chi connectivity index (χ0n) is 9.84. The summed E-state index contributed by atoms with van der Waals surface area (Å²) in [5, 5.41) is 10.5. The van der Waals surface area contributed by atoms with Gasteiger partial charge in [0.1, 0.15) is 5.76 Å². The Morgan fingerprint density at radius 2 is 2.11 bits per heavy atom. The summed E-state index contributed by atoms with van der Waals surface area (Å²) in [5.41, 5.74) is 0.987. The molecule has 2 heterocycles. The van der Waals surface area contributed by atoms with Crippen molar-refractivity contribution in [1.82, 2.24) is 4.57 Å². The van der Waals surface area contributed by atoms with Gasteiger partial charge < -0.3 is 14.1 Å². The van der Waals surface area contributed by atoms with Gasteiger partial charge in [0.15, 0.2) is 0 Å². The fourth-order valence-electron chi connectivity index (χ4n) is 2.07. The highest BCUT2D eigenvalue weighted by atomic mass is 35.5. The second kappa shape index (κ2) is 4.48. The van der Waals surface area contributed by atoms with Crippen molar-refractivity contribution in [2.75, 3.05) is 0 Å². The number of carboxylic acid groups (broad SMARTS) is 1. The van der Waals surface area contributed by atoms with Crippen molar-refractivity contribution in [2.45, 2.75) is 6.54 Å². The first-order valence-corrected chi connectivity index (χ1v) is 6.08. The maximum absolute atomic E-state index is 10.8. The maximum atomic E-state index is 10.8. The second-order valence-electron chi connectivity index (χ2n) is 4.19. The summed E-state index contributed by atoms with van der Waals surface area (Å²) >= 11 is 6.10. The second-order valence-corrected chi connectivity index (χ2v) is 4.59. The normalized spacial score (nSPS) is 11.0. The van der Waals surface area contributed by atoms with Crippen LogP contribution in [-0.2, 0) is 6.54 Å². The van der Waals surface area contributed by atoms with Crippen LogP contribution in [0.3, 0.4) is 0 Å². The summed E-state index contributed by atoms with van der Waals surface area (Å²) in [6.07, 6.45) is 1.90. The number of rotatable bonds is 3. The Morgan fingerprint density at radius 1 is 1.26 bits per heavy atom. The number of benzene rings is 1. The minimum Gasteiger partial charge on any atom is -0.475 e. The molecule has 0 amide bonds. The minimum absolute atomic E-state index is 0.0514. The minimum atomic E-state index is -1.06. The monoisotopic (exact) mass is 275 g/mol. The number of hydrogen-bond donors (Lipinski definition) is 1. The van der Waals surface area contributed by atoms with Crippen molar-refractivity contribution < 1.29 is 14.3 Å².